The fraction of sp³-hybridized carbons (Fsp3) is 0.400. The Hall–Kier alpha value is -1.23. The monoisotopic (exact) mass is 229 g/mol. The van der Waals surface area contributed by atoms with E-state index in [9.17, 15) is 9.59 Å². The van der Waals surface area contributed by atoms with Gasteiger partial charge in [-0.1, -0.05) is 18.7 Å². The Bertz CT molecular complexity index is 263. The summed E-state index contributed by atoms with van der Waals surface area (Å²) in [4.78, 5) is 21.9. The lowest BCUT2D eigenvalue weighted by atomic mass is 10.2. The molecule has 0 heterocycles. The molecule has 0 bridgehead atoms. The van der Waals surface area contributed by atoms with Crippen molar-refractivity contribution in [2.24, 2.45) is 0 Å². The van der Waals surface area contributed by atoms with Crippen molar-refractivity contribution < 1.29 is 14.7 Å². The van der Waals surface area contributed by atoms with Gasteiger partial charge in [-0.3, -0.25) is 4.79 Å². The number of thioether (sulfide) groups is 1. The van der Waals surface area contributed by atoms with Crippen LogP contribution in [0.5, 0.6) is 0 Å². The molecule has 0 rings (SSSR count). The van der Waals surface area contributed by atoms with Crippen LogP contribution in [0.4, 0.5) is 0 Å². The summed E-state index contributed by atoms with van der Waals surface area (Å²) in [5.74, 6) is -0.726. The Kier molecular flexibility index (Phi) is 7.44. The number of rotatable bonds is 7. The van der Waals surface area contributed by atoms with Crippen LogP contribution >= 0.6 is 11.8 Å². The van der Waals surface area contributed by atoms with E-state index in [1.807, 2.05) is 6.26 Å². The molecule has 2 N–H and O–H groups in total. The lowest BCUT2D eigenvalue weighted by Gasteiger charge is -2.11. The van der Waals surface area contributed by atoms with E-state index >= 15 is 0 Å². The fourth-order valence-corrected chi connectivity index (χ4v) is 1.34. The van der Waals surface area contributed by atoms with Crippen LogP contribution < -0.4 is 5.32 Å². The smallest absolute Gasteiger partial charge is 0.326 e. The van der Waals surface area contributed by atoms with Crippen molar-refractivity contribution in [1.82, 2.24) is 5.32 Å². The van der Waals surface area contributed by atoms with Crippen LogP contribution in [0, 0.1) is 0 Å². The largest absolute Gasteiger partial charge is 0.480 e. The molecule has 5 heteroatoms. The number of aliphatic carboxylic acids is 1. The number of carbonyl (C=O) groups excluding carboxylic acids is 1. The third-order valence-corrected chi connectivity index (χ3v) is 2.25. The van der Waals surface area contributed by atoms with E-state index in [1.165, 1.54) is 18.2 Å². The summed E-state index contributed by atoms with van der Waals surface area (Å²) in [7, 11) is 0. The summed E-state index contributed by atoms with van der Waals surface area (Å²) < 4.78 is 0. The number of carboxylic acids is 1. The van der Waals surface area contributed by atoms with Crippen molar-refractivity contribution >= 4 is 23.6 Å². The number of carboxylic acid groups (broad SMARTS) is 1. The molecule has 0 aliphatic heterocycles. The van der Waals surface area contributed by atoms with Crippen molar-refractivity contribution in [1.29, 1.82) is 0 Å². The highest BCUT2D eigenvalue weighted by atomic mass is 32.2. The second kappa shape index (κ2) is 8.11. The summed E-state index contributed by atoms with van der Waals surface area (Å²) in [5.41, 5.74) is 0. The van der Waals surface area contributed by atoms with Gasteiger partial charge in [0.25, 0.3) is 0 Å². The number of allylic oxidation sites excluding steroid dienone is 2. The van der Waals surface area contributed by atoms with Crippen LogP contribution in [0.3, 0.4) is 0 Å². The third-order valence-electron chi connectivity index (χ3n) is 1.61. The lowest BCUT2D eigenvalue weighted by molar-refractivity contribution is -0.141. The van der Waals surface area contributed by atoms with Gasteiger partial charge in [0.15, 0.2) is 0 Å². The maximum Gasteiger partial charge on any atom is 0.326 e. The Morgan fingerprint density at radius 2 is 2.27 bits per heavy atom. The van der Waals surface area contributed by atoms with E-state index in [0.29, 0.717) is 12.2 Å². The molecule has 15 heavy (non-hydrogen) atoms. The molecule has 0 saturated heterocycles. The topological polar surface area (TPSA) is 66.4 Å². The Morgan fingerprint density at radius 1 is 1.60 bits per heavy atom. The first kappa shape index (κ1) is 13.8. The molecule has 0 aromatic carbocycles. The molecule has 0 fully saturated rings. The molecule has 0 aromatic heterocycles. The van der Waals surface area contributed by atoms with Gasteiger partial charge in [-0.25, -0.2) is 4.79 Å². The second-order valence-electron chi connectivity index (χ2n) is 2.78. The van der Waals surface area contributed by atoms with Crippen LogP contribution in [0.15, 0.2) is 24.8 Å². The molecule has 0 radical (unpaired) electrons. The SMILES string of the molecule is C=CC=CC(=O)NC(CCSC)C(=O)O. The minimum atomic E-state index is -1.01. The molecule has 0 aliphatic rings. The van der Waals surface area contributed by atoms with Crippen LogP contribution in [-0.2, 0) is 9.59 Å². The van der Waals surface area contributed by atoms with E-state index in [4.69, 9.17) is 5.11 Å². The number of nitrogens with one attached hydrogen (secondary N) is 1. The van der Waals surface area contributed by atoms with Crippen molar-refractivity contribution in [2.45, 2.75) is 12.5 Å². The highest BCUT2D eigenvalue weighted by Gasteiger charge is 2.17. The summed E-state index contributed by atoms with van der Waals surface area (Å²) in [5, 5.41) is 11.2. The average molecular weight is 229 g/mol. The summed E-state index contributed by atoms with van der Waals surface area (Å²) in [6.07, 6.45) is 6.48. The highest BCUT2D eigenvalue weighted by Crippen LogP contribution is 2.00. The molecule has 0 spiro atoms. The molecular weight excluding hydrogens is 214 g/mol. The molecule has 0 aromatic rings. The van der Waals surface area contributed by atoms with Crippen molar-refractivity contribution in [3.8, 4) is 0 Å². The van der Waals surface area contributed by atoms with Crippen molar-refractivity contribution in [3.05, 3.63) is 24.8 Å². The predicted octanol–water partition coefficient (Wildman–Crippen LogP) is 1.05. The van der Waals surface area contributed by atoms with E-state index in [-0.39, 0.29) is 0 Å². The number of carbonyl (C=O) groups is 2. The summed E-state index contributed by atoms with van der Waals surface area (Å²) in [6, 6.07) is -0.820. The van der Waals surface area contributed by atoms with Gasteiger partial charge in [-0.05, 0) is 18.4 Å². The minimum Gasteiger partial charge on any atom is -0.480 e. The van der Waals surface area contributed by atoms with Crippen LogP contribution in [0.25, 0.3) is 0 Å². The normalized spacial score (nSPS) is 12.3. The quantitative estimate of drug-likeness (QED) is 0.506. The zero-order valence-electron chi connectivity index (χ0n) is 8.60. The number of hydrogen-bond acceptors (Lipinski definition) is 3. The van der Waals surface area contributed by atoms with E-state index < -0.39 is 17.9 Å². The first-order chi connectivity index (χ1) is 7.11. The Labute approximate surface area is 93.4 Å². The molecule has 1 amide bonds. The molecule has 1 unspecified atom stereocenters. The molecule has 4 nitrogen and oxygen atoms in total. The fourth-order valence-electron chi connectivity index (χ4n) is 0.868. The number of hydrogen-bond donors (Lipinski definition) is 2. The highest BCUT2D eigenvalue weighted by molar-refractivity contribution is 7.98. The standard InChI is InChI=1S/C10H15NO3S/c1-3-4-5-9(12)11-8(10(13)14)6-7-15-2/h3-5,8H,1,6-7H2,2H3,(H,11,12)(H,13,14). The van der Waals surface area contributed by atoms with Gasteiger partial charge in [0.1, 0.15) is 6.04 Å². The lowest BCUT2D eigenvalue weighted by Crippen LogP contribution is -2.40. The second-order valence-corrected chi connectivity index (χ2v) is 3.76. The maximum atomic E-state index is 11.2. The van der Waals surface area contributed by atoms with E-state index in [1.54, 1.807) is 11.8 Å². The van der Waals surface area contributed by atoms with Gasteiger partial charge < -0.3 is 10.4 Å². The molecular formula is C10H15NO3S. The Morgan fingerprint density at radius 3 is 2.73 bits per heavy atom. The first-order valence-corrected chi connectivity index (χ1v) is 5.82. The van der Waals surface area contributed by atoms with Gasteiger partial charge in [-0.2, -0.15) is 11.8 Å². The molecule has 0 saturated carbocycles. The summed E-state index contributed by atoms with van der Waals surface area (Å²) in [6.45, 7) is 3.41. The van der Waals surface area contributed by atoms with Crippen LogP contribution in [-0.4, -0.2) is 35.0 Å². The van der Waals surface area contributed by atoms with Gasteiger partial charge in [-0.15, -0.1) is 0 Å². The van der Waals surface area contributed by atoms with Gasteiger partial charge in [0.05, 0.1) is 0 Å². The van der Waals surface area contributed by atoms with Crippen molar-refractivity contribution in [2.75, 3.05) is 12.0 Å². The minimum absolute atomic E-state index is 0.414. The van der Waals surface area contributed by atoms with Gasteiger partial charge in [0.2, 0.25) is 5.91 Å². The van der Waals surface area contributed by atoms with E-state index in [2.05, 4.69) is 11.9 Å². The molecule has 0 aliphatic carbocycles. The van der Waals surface area contributed by atoms with Crippen molar-refractivity contribution in [3.63, 3.8) is 0 Å². The number of amides is 1. The summed E-state index contributed by atoms with van der Waals surface area (Å²) >= 11 is 1.54. The third kappa shape index (κ3) is 6.79. The van der Waals surface area contributed by atoms with Crippen LogP contribution in [0.1, 0.15) is 6.42 Å². The van der Waals surface area contributed by atoms with Gasteiger partial charge in [0, 0.05) is 6.08 Å². The van der Waals surface area contributed by atoms with Gasteiger partial charge >= 0.3 is 5.97 Å². The van der Waals surface area contributed by atoms with E-state index in [0.717, 1.165) is 0 Å². The average Bonchev–Trinajstić information content (AvgIpc) is 2.20. The molecule has 1 atom stereocenters. The zero-order valence-corrected chi connectivity index (χ0v) is 9.42. The zero-order chi connectivity index (χ0) is 11.7. The van der Waals surface area contributed by atoms with Crippen LogP contribution in [0.2, 0.25) is 0 Å². The predicted molar refractivity (Wildman–Crippen MR) is 61.9 cm³/mol. The Balaban J connectivity index is 4.15. The first-order valence-electron chi connectivity index (χ1n) is 4.43. The maximum absolute atomic E-state index is 11.2. The molecule has 84 valence electrons.